The van der Waals surface area contributed by atoms with Gasteiger partial charge in [0.1, 0.15) is 12.0 Å². The molecule has 2 aromatic rings. The van der Waals surface area contributed by atoms with Crippen LogP contribution in [0.15, 0.2) is 23.1 Å². The first kappa shape index (κ1) is 10.1. The van der Waals surface area contributed by atoms with Crippen molar-refractivity contribution in [1.82, 2.24) is 25.4 Å². The van der Waals surface area contributed by atoms with Gasteiger partial charge in [-0.3, -0.25) is 0 Å². The van der Waals surface area contributed by atoms with Gasteiger partial charge in [0.25, 0.3) is 0 Å². The topological polar surface area (TPSA) is 76.7 Å². The van der Waals surface area contributed by atoms with Gasteiger partial charge in [0.05, 0.1) is 5.41 Å². The normalized spacial score (nSPS) is 29.9. The summed E-state index contributed by atoms with van der Waals surface area (Å²) in [5.74, 6) is 1.97. The molecule has 0 radical (unpaired) electrons. The first-order chi connectivity index (χ1) is 8.88. The number of nitrogens with zero attached hydrogens (tertiary/aromatic N) is 4. The molecule has 2 atom stereocenters. The van der Waals surface area contributed by atoms with E-state index in [1.165, 1.54) is 12.7 Å². The van der Waals surface area contributed by atoms with E-state index in [0.717, 1.165) is 25.4 Å². The Kier molecular flexibility index (Phi) is 2.02. The van der Waals surface area contributed by atoms with Crippen LogP contribution in [0.3, 0.4) is 0 Å². The Balaban J connectivity index is 1.71. The highest BCUT2D eigenvalue weighted by Gasteiger charge is 2.54. The second-order valence-electron chi connectivity index (χ2n) is 5.04. The predicted molar refractivity (Wildman–Crippen MR) is 62.6 cm³/mol. The minimum Gasteiger partial charge on any atom is -0.338 e. The van der Waals surface area contributed by atoms with E-state index in [2.05, 4.69) is 25.4 Å². The monoisotopic (exact) mass is 243 g/mol. The average Bonchev–Trinajstić information content (AvgIpc) is 2.97. The molecule has 6 heteroatoms. The summed E-state index contributed by atoms with van der Waals surface area (Å²) in [4.78, 5) is 12.5. The molecule has 0 bridgehead atoms. The van der Waals surface area contributed by atoms with Crippen molar-refractivity contribution < 1.29 is 4.52 Å². The highest BCUT2D eigenvalue weighted by Crippen LogP contribution is 2.50. The van der Waals surface area contributed by atoms with Gasteiger partial charge in [0.15, 0.2) is 0 Å². The molecule has 0 unspecified atom stereocenters. The number of nitrogens with one attached hydrogen (secondary N) is 1. The summed E-state index contributed by atoms with van der Waals surface area (Å²) in [5, 5.41) is 7.46. The molecule has 1 aliphatic heterocycles. The predicted octanol–water partition coefficient (Wildman–Crippen LogP) is 0.778. The van der Waals surface area contributed by atoms with Crippen LogP contribution in [0.4, 0.5) is 0 Å². The Labute approximate surface area is 104 Å². The Hall–Kier alpha value is -1.82. The Morgan fingerprint density at radius 3 is 3.17 bits per heavy atom. The molecule has 2 fully saturated rings. The largest absolute Gasteiger partial charge is 0.338 e. The van der Waals surface area contributed by atoms with E-state index < -0.39 is 0 Å². The van der Waals surface area contributed by atoms with Crippen molar-refractivity contribution in [3.05, 3.63) is 24.5 Å². The fourth-order valence-electron chi connectivity index (χ4n) is 3.01. The van der Waals surface area contributed by atoms with Crippen LogP contribution in [0.2, 0.25) is 0 Å². The van der Waals surface area contributed by atoms with E-state index in [-0.39, 0.29) is 5.41 Å². The fraction of sp³-hybridized carbons (Fsp3) is 0.500. The number of hydrogen-bond acceptors (Lipinski definition) is 6. The minimum absolute atomic E-state index is 0.0816. The maximum Gasteiger partial charge on any atom is 0.234 e. The molecule has 1 saturated heterocycles. The van der Waals surface area contributed by atoms with E-state index >= 15 is 0 Å². The molecule has 92 valence electrons. The first-order valence-electron chi connectivity index (χ1n) is 6.20. The van der Waals surface area contributed by atoms with E-state index in [0.29, 0.717) is 17.4 Å². The van der Waals surface area contributed by atoms with Gasteiger partial charge in [0, 0.05) is 12.7 Å². The van der Waals surface area contributed by atoms with Crippen LogP contribution in [-0.4, -0.2) is 33.2 Å². The second kappa shape index (κ2) is 3.58. The maximum atomic E-state index is 5.47. The van der Waals surface area contributed by atoms with Crippen molar-refractivity contribution in [3.63, 3.8) is 0 Å². The molecular weight excluding hydrogens is 230 g/mol. The summed E-state index contributed by atoms with van der Waals surface area (Å²) in [6, 6.07) is 1.79. The summed E-state index contributed by atoms with van der Waals surface area (Å²) in [6.07, 6.45) is 5.56. The van der Waals surface area contributed by atoms with Crippen LogP contribution >= 0.6 is 0 Å². The fourth-order valence-corrected chi connectivity index (χ4v) is 3.01. The Morgan fingerprint density at radius 1 is 1.44 bits per heavy atom. The zero-order chi connectivity index (χ0) is 12.0. The van der Waals surface area contributed by atoms with Crippen molar-refractivity contribution in [2.24, 2.45) is 5.92 Å². The van der Waals surface area contributed by atoms with Crippen LogP contribution in [0.5, 0.6) is 0 Å². The second-order valence-corrected chi connectivity index (χ2v) is 5.04. The van der Waals surface area contributed by atoms with Crippen molar-refractivity contribution in [2.45, 2.75) is 18.3 Å². The number of aromatic nitrogens is 4. The highest BCUT2D eigenvalue weighted by molar-refractivity contribution is 5.46. The average molecular weight is 243 g/mol. The maximum absolute atomic E-state index is 5.47. The van der Waals surface area contributed by atoms with E-state index in [4.69, 9.17) is 4.52 Å². The van der Waals surface area contributed by atoms with Gasteiger partial charge < -0.3 is 9.84 Å². The lowest BCUT2D eigenvalue weighted by Gasteiger charge is -2.40. The Morgan fingerprint density at radius 2 is 2.44 bits per heavy atom. The van der Waals surface area contributed by atoms with Gasteiger partial charge in [-0.2, -0.15) is 4.98 Å². The molecule has 6 nitrogen and oxygen atoms in total. The quantitative estimate of drug-likeness (QED) is 0.839. The number of hydrogen-bond donors (Lipinski definition) is 1. The molecule has 0 amide bonds. The van der Waals surface area contributed by atoms with Crippen LogP contribution in [0.1, 0.15) is 18.7 Å². The molecule has 4 rings (SSSR count). The molecule has 1 N–H and O–H groups in total. The van der Waals surface area contributed by atoms with Crippen LogP contribution in [0.25, 0.3) is 11.5 Å². The van der Waals surface area contributed by atoms with Crippen LogP contribution in [-0.2, 0) is 5.41 Å². The SMILES string of the molecule is c1cc(-c2noc([C@]34CC[C@H]3CNC4)n2)ncn1. The molecule has 0 aromatic carbocycles. The summed E-state index contributed by atoms with van der Waals surface area (Å²) in [6.45, 7) is 2.01. The van der Waals surface area contributed by atoms with Crippen molar-refractivity contribution in [3.8, 4) is 11.5 Å². The lowest BCUT2D eigenvalue weighted by atomic mass is 9.62. The zero-order valence-corrected chi connectivity index (χ0v) is 9.83. The molecule has 1 aliphatic carbocycles. The Bertz CT molecular complexity index is 569. The van der Waals surface area contributed by atoms with Gasteiger partial charge in [-0.15, -0.1) is 0 Å². The smallest absolute Gasteiger partial charge is 0.234 e. The lowest BCUT2D eigenvalue weighted by molar-refractivity contribution is 0.131. The molecule has 2 aromatic heterocycles. The number of rotatable bonds is 2. The third kappa shape index (κ3) is 1.26. The van der Waals surface area contributed by atoms with Crippen LogP contribution in [0, 0.1) is 5.92 Å². The van der Waals surface area contributed by atoms with Crippen LogP contribution < -0.4 is 5.32 Å². The van der Waals surface area contributed by atoms with Crippen molar-refractivity contribution >= 4 is 0 Å². The van der Waals surface area contributed by atoms with Gasteiger partial charge >= 0.3 is 0 Å². The third-order valence-electron chi connectivity index (χ3n) is 4.21. The molecule has 1 saturated carbocycles. The lowest BCUT2D eigenvalue weighted by Crippen LogP contribution is -2.43. The number of fused-ring (bicyclic) bond motifs is 1. The van der Waals surface area contributed by atoms with Gasteiger partial charge in [-0.1, -0.05) is 5.16 Å². The summed E-state index contributed by atoms with van der Waals surface area (Å²) >= 11 is 0. The molecule has 3 heterocycles. The minimum atomic E-state index is 0.0816. The van der Waals surface area contributed by atoms with E-state index in [9.17, 15) is 0 Å². The van der Waals surface area contributed by atoms with Crippen molar-refractivity contribution in [1.29, 1.82) is 0 Å². The molecule has 18 heavy (non-hydrogen) atoms. The standard InChI is InChI=1S/C12H13N5O/c1-3-12(6-14-5-8(1)12)11-16-10(17-18-11)9-2-4-13-7-15-9/h2,4,7-8,14H,1,3,5-6H2/t8-,12-/m0/s1. The summed E-state index contributed by atoms with van der Waals surface area (Å²) in [7, 11) is 0. The first-order valence-corrected chi connectivity index (χ1v) is 6.20. The zero-order valence-electron chi connectivity index (χ0n) is 9.83. The highest BCUT2D eigenvalue weighted by atomic mass is 16.5. The molecule has 0 spiro atoms. The van der Waals surface area contributed by atoms with E-state index in [1.807, 2.05) is 0 Å². The van der Waals surface area contributed by atoms with E-state index in [1.54, 1.807) is 12.3 Å². The summed E-state index contributed by atoms with van der Waals surface area (Å²) in [5.41, 5.74) is 0.788. The van der Waals surface area contributed by atoms with Crippen molar-refractivity contribution in [2.75, 3.05) is 13.1 Å². The van der Waals surface area contributed by atoms with Gasteiger partial charge in [0.2, 0.25) is 11.7 Å². The van der Waals surface area contributed by atoms with Gasteiger partial charge in [-0.05, 0) is 31.4 Å². The summed E-state index contributed by atoms with van der Waals surface area (Å²) < 4.78 is 5.47. The third-order valence-corrected chi connectivity index (χ3v) is 4.21. The molecule has 2 aliphatic rings. The van der Waals surface area contributed by atoms with Gasteiger partial charge in [-0.25, -0.2) is 9.97 Å². The molecular formula is C12H13N5O.